The van der Waals surface area contributed by atoms with Crippen molar-refractivity contribution in [3.8, 4) is 5.75 Å². The van der Waals surface area contributed by atoms with Gasteiger partial charge in [0.2, 0.25) is 5.91 Å². The first-order valence-corrected chi connectivity index (χ1v) is 7.64. The van der Waals surface area contributed by atoms with Crippen LogP contribution in [0.4, 0.5) is 5.69 Å². The Balaban J connectivity index is 1.76. The van der Waals surface area contributed by atoms with Crippen LogP contribution < -0.4 is 15.4 Å². The van der Waals surface area contributed by atoms with E-state index in [-0.39, 0.29) is 12.5 Å². The Labute approximate surface area is 141 Å². The zero-order valence-corrected chi connectivity index (χ0v) is 13.5. The molecular weight excluding hydrogens is 312 g/mol. The Morgan fingerprint density at radius 3 is 2.61 bits per heavy atom. The Kier molecular flexibility index (Phi) is 6.66. The van der Waals surface area contributed by atoms with E-state index in [1.165, 1.54) is 0 Å². The van der Waals surface area contributed by atoms with Gasteiger partial charge in [-0.15, -0.1) is 0 Å². The first-order chi connectivity index (χ1) is 11.2. The van der Waals surface area contributed by atoms with E-state index in [1.54, 1.807) is 30.3 Å². The second-order valence-corrected chi connectivity index (χ2v) is 5.27. The van der Waals surface area contributed by atoms with Crippen LogP contribution >= 0.6 is 11.6 Å². The first kappa shape index (κ1) is 17.1. The summed E-state index contributed by atoms with van der Waals surface area (Å²) >= 11 is 6.06. The van der Waals surface area contributed by atoms with Crippen molar-refractivity contribution in [2.75, 3.05) is 18.5 Å². The van der Waals surface area contributed by atoms with Crippen LogP contribution in [0.2, 0.25) is 5.02 Å². The zero-order chi connectivity index (χ0) is 16.5. The standard InChI is InChI=1S/C18H19ClN2O2/c1-2-11-23-16-9-7-15(8-10-16)21-18(22)13-20-12-14-5-3-4-6-17(14)19/h2-10,20H,1,11-13H2,(H,21,22). The molecule has 2 rings (SSSR count). The maximum atomic E-state index is 11.9. The van der Waals surface area contributed by atoms with E-state index in [2.05, 4.69) is 17.2 Å². The molecule has 0 fully saturated rings. The van der Waals surface area contributed by atoms with E-state index in [9.17, 15) is 4.79 Å². The molecule has 23 heavy (non-hydrogen) atoms. The lowest BCUT2D eigenvalue weighted by molar-refractivity contribution is -0.115. The Bertz CT molecular complexity index is 656. The van der Waals surface area contributed by atoms with Crippen molar-refractivity contribution >= 4 is 23.2 Å². The van der Waals surface area contributed by atoms with Gasteiger partial charge in [0.25, 0.3) is 0 Å². The van der Waals surface area contributed by atoms with Gasteiger partial charge >= 0.3 is 0 Å². The van der Waals surface area contributed by atoms with Crippen LogP contribution in [0.25, 0.3) is 0 Å². The maximum absolute atomic E-state index is 11.9. The number of halogens is 1. The van der Waals surface area contributed by atoms with Crippen LogP contribution in [-0.2, 0) is 11.3 Å². The van der Waals surface area contributed by atoms with E-state index in [1.807, 2.05) is 24.3 Å². The second-order valence-electron chi connectivity index (χ2n) is 4.87. The van der Waals surface area contributed by atoms with Crippen LogP contribution in [-0.4, -0.2) is 19.1 Å². The van der Waals surface area contributed by atoms with Crippen molar-refractivity contribution in [3.63, 3.8) is 0 Å². The molecule has 0 atom stereocenters. The Morgan fingerprint density at radius 1 is 1.17 bits per heavy atom. The van der Waals surface area contributed by atoms with Crippen molar-refractivity contribution in [2.45, 2.75) is 6.54 Å². The fourth-order valence-corrected chi connectivity index (χ4v) is 2.15. The molecule has 0 saturated carbocycles. The van der Waals surface area contributed by atoms with Crippen LogP contribution in [0.15, 0.2) is 61.2 Å². The quantitative estimate of drug-likeness (QED) is 0.727. The number of hydrogen-bond donors (Lipinski definition) is 2. The van der Waals surface area contributed by atoms with Crippen molar-refractivity contribution in [3.05, 3.63) is 71.8 Å². The maximum Gasteiger partial charge on any atom is 0.238 e. The van der Waals surface area contributed by atoms with Crippen molar-refractivity contribution in [1.29, 1.82) is 0 Å². The highest BCUT2D eigenvalue weighted by Crippen LogP contribution is 2.16. The third-order valence-corrected chi connectivity index (χ3v) is 3.43. The lowest BCUT2D eigenvalue weighted by Crippen LogP contribution is -2.27. The van der Waals surface area contributed by atoms with Gasteiger partial charge in [-0.2, -0.15) is 0 Å². The SMILES string of the molecule is C=CCOc1ccc(NC(=O)CNCc2ccccc2Cl)cc1. The zero-order valence-electron chi connectivity index (χ0n) is 12.7. The molecule has 0 aromatic heterocycles. The number of hydrogen-bond acceptors (Lipinski definition) is 3. The molecular formula is C18H19ClN2O2. The molecule has 2 aromatic rings. The molecule has 2 N–H and O–H groups in total. The summed E-state index contributed by atoms with van der Waals surface area (Å²) in [5.74, 6) is 0.622. The molecule has 0 spiro atoms. The van der Waals surface area contributed by atoms with Crippen LogP contribution in [0.5, 0.6) is 5.75 Å². The summed E-state index contributed by atoms with van der Waals surface area (Å²) in [4.78, 5) is 11.9. The van der Waals surface area contributed by atoms with Crippen LogP contribution in [0.3, 0.4) is 0 Å². The highest BCUT2D eigenvalue weighted by atomic mass is 35.5. The summed E-state index contributed by atoms with van der Waals surface area (Å²) in [5, 5.41) is 6.58. The van der Waals surface area contributed by atoms with Crippen molar-refractivity contribution < 1.29 is 9.53 Å². The fourth-order valence-electron chi connectivity index (χ4n) is 1.95. The van der Waals surface area contributed by atoms with E-state index in [0.717, 1.165) is 17.0 Å². The number of carbonyl (C=O) groups is 1. The molecule has 0 bridgehead atoms. The van der Waals surface area contributed by atoms with Gasteiger partial charge < -0.3 is 15.4 Å². The third kappa shape index (κ3) is 5.77. The molecule has 0 aliphatic rings. The molecule has 0 aliphatic carbocycles. The summed E-state index contributed by atoms with van der Waals surface area (Å²) in [6, 6.07) is 14.7. The van der Waals surface area contributed by atoms with E-state index < -0.39 is 0 Å². The first-order valence-electron chi connectivity index (χ1n) is 7.27. The lowest BCUT2D eigenvalue weighted by Gasteiger charge is -2.09. The summed E-state index contributed by atoms with van der Waals surface area (Å²) in [5.41, 5.74) is 1.69. The minimum atomic E-state index is -0.114. The predicted octanol–water partition coefficient (Wildman–Crippen LogP) is 3.63. The molecule has 1 amide bonds. The number of amides is 1. The molecule has 120 valence electrons. The molecule has 0 radical (unpaired) electrons. The molecule has 0 heterocycles. The Morgan fingerprint density at radius 2 is 1.91 bits per heavy atom. The normalized spacial score (nSPS) is 10.1. The molecule has 5 heteroatoms. The minimum absolute atomic E-state index is 0.114. The van der Waals surface area contributed by atoms with Crippen LogP contribution in [0, 0.1) is 0 Å². The molecule has 0 saturated heterocycles. The number of anilines is 1. The summed E-state index contributed by atoms with van der Waals surface area (Å²) in [6.45, 7) is 4.80. The number of rotatable bonds is 8. The monoisotopic (exact) mass is 330 g/mol. The van der Waals surface area contributed by atoms with Gasteiger partial charge in [-0.1, -0.05) is 42.5 Å². The molecule has 4 nitrogen and oxygen atoms in total. The Hall–Kier alpha value is -2.30. The highest BCUT2D eigenvalue weighted by molar-refractivity contribution is 6.31. The van der Waals surface area contributed by atoms with Crippen molar-refractivity contribution in [2.24, 2.45) is 0 Å². The summed E-state index contributed by atoms with van der Waals surface area (Å²) < 4.78 is 5.38. The summed E-state index contributed by atoms with van der Waals surface area (Å²) in [6.07, 6.45) is 1.68. The van der Waals surface area contributed by atoms with Crippen LogP contribution in [0.1, 0.15) is 5.56 Å². The van der Waals surface area contributed by atoms with Gasteiger partial charge in [0.15, 0.2) is 0 Å². The molecule has 0 unspecified atom stereocenters. The average molecular weight is 331 g/mol. The predicted molar refractivity (Wildman–Crippen MR) is 93.9 cm³/mol. The molecule has 2 aromatic carbocycles. The van der Waals surface area contributed by atoms with E-state index in [0.29, 0.717) is 18.2 Å². The summed E-state index contributed by atoms with van der Waals surface area (Å²) in [7, 11) is 0. The smallest absolute Gasteiger partial charge is 0.238 e. The van der Waals surface area contributed by atoms with Gasteiger partial charge in [-0.05, 0) is 35.9 Å². The number of carbonyl (C=O) groups excluding carboxylic acids is 1. The average Bonchev–Trinajstić information content (AvgIpc) is 2.56. The lowest BCUT2D eigenvalue weighted by atomic mass is 10.2. The highest BCUT2D eigenvalue weighted by Gasteiger charge is 2.04. The molecule has 0 aliphatic heterocycles. The second kappa shape index (κ2) is 8.98. The van der Waals surface area contributed by atoms with Gasteiger partial charge in [-0.3, -0.25) is 4.79 Å². The van der Waals surface area contributed by atoms with Gasteiger partial charge in [0.05, 0.1) is 6.54 Å². The number of nitrogens with one attached hydrogen (secondary N) is 2. The minimum Gasteiger partial charge on any atom is -0.490 e. The van der Waals surface area contributed by atoms with Gasteiger partial charge in [-0.25, -0.2) is 0 Å². The van der Waals surface area contributed by atoms with Gasteiger partial charge in [0.1, 0.15) is 12.4 Å². The largest absolute Gasteiger partial charge is 0.490 e. The number of benzene rings is 2. The fraction of sp³-hybridized carbons (Fsp3) is 0.167. The van der Waals surface area contributed by atoms with E-state index in [4.69, 9.17) is 16.3 Å². The van der Waals surface area contributed by atoms with E-state index >= 15 is 0 Å². The third-order valence-electron chi connectivity index (χ3n) is 3.06. The number of ether oxygens (including phenoxy) is 1. The topological polar surface area (TPSA) is 50.4 Å². The van der Waals surface area contributed by atoms with Gasteiger partial charge in [0, 0.05) is 17.3 Å². The van der Waals surface area contributed by atoms with Crippen molar-refractivity contribution in [1.82, 2.24) is 5.32 Å².